The molecule has 9 heteroatoms. The molecule has 0 aliphatic rings. The minimum atomic E-state index is -4.09. The van der Waals surface area contributed by atoms with E-state index in [2.05, 4.69) is 5.10 Å². The van der Waals surface area contributed by atoms with Crippen LogP contribution in [0.2, 0.25) is 0 Å². The van der Waals surface area contributed by atoms with E-state index >= 15 is 0 Å². The van der Waals surface area contributed by atoms with E-state index in [1.807, 2.05) is 0 Å². The summed E-state index contributed by atoms with van der Waals surface area (Å²) < 4.78 is 32.0. The first-order chi connectivity index (χ1) is 8.26. The lowest BCUT2D eigenvalue weighted by atomic mass is 10.4. The van der Waals surface area contributed by atoms with E-state index in [1.165, 1.54) is 10.9 Å². The molecule has 0 bridgehead atoms. The number of nitrogens with zero attached hydrogens (tertiary/aromatic N) is 3. The largest absolute Gasteiger partial charge is 0.395 e. The lowest BCUT2D eigenvalue weighted by Crippen LogP contribution is -2.27. The molecule has 0 aromatic carbocycles. The van der Waals surface area contributed by atoms with Crippen LogP contribution in [-0.4, -0.2) is 53.8 Å². The zero-order chi connectivity index (χ0) is 13.9. The van der Waals surface area contributed by atoms with Gasteiger partial charge in [-0.2, -0.15) is 13.5 Å². The first kappa shape index (κ1) is 14.7. The Morgan fingerprint density at radius 3 is 2.72 bits per heavy atom. The van der Waals surface area contributed by atoms with Gasteiger partial charge in [-0.25, -0.2) is 4.68 Å². The van der Waals surface area contributed by atoms with Crippen LogP contribution in [-0.2, 0) is 10.1 Å². The Balaban J connectivity index is 3.03. The average Bonchev–Trinajstić information content (AvgIpc) is 2.58. The predicted molar refractivity (Wildman–Crippen MR) is 68.1 cm³/mol. The number of aliphatic hydroxyl groups excluding tert-OH is 1. The van der Waals surface area contributed by atoms with Gasteiger partial charge in [0.05, 0.1) is 30.3 Å². The van der Waals surface area contributed by atoms with E-state index < -0.39 is 21.9 Å². The Bertz CT molecular complexity index is 499. The second-order valence-corrected chi connectivity index (χ2v) is 5.61. The van der Waals surface area contributed by atoms with Crippen LogP contribution >= 0.6 is 0 Å². The highest BCUT2D eigenvalue weighted by atomic mass is 32.2. The van der Waals surface area contributed by atoms with Crippen molar-refractivity contribution >= 4 is 21.6 Å². The van der Waals surface area contributed by atoms with Crippen LogP contribution in [0.4, 0.5) is 11.5 Å². The maximum Gasteiger partial charge on any atom is 0.266 e. The fourth-order valence-electron chi connectivity index (χ4n) is 1.72. The number of nitrogen functional groups attached to an aromatic ring is 1. The fourth-order valence-corrected chi connectivity index (χ4v) is 2.47. The molecule has 1 heterocycles. The molecular formula is C9H18N4O4S. The van der Waals surface area contributed by atoms with Gasteiger partial charge < -0.3 is 15.7 Å². The van der Waals surface area contributed by atoms with Gasteiger partial charge in [-0.05, 0) is 6.92 Å². The standard InChI is InChI=1S/C9H18N4O4S/c1-7(6-18(15,16)17)13-9(8(10)5-11-13)12(2)3-4-14/h5,7,14H,3-4,6,10H2,1-2H3,(H,15,16,17). The Labute approximate surface area is 106 Å². The number of anilines is 2. The van der Waals surface area contributed by atoms with Gasteiger partial charge in [-0.15, -0.1) is 0 Å². The quantitative estimate of drug-likeness (QED) is 0.590. The molecule has 0 amide bonds. The molecule has 1 aromatic heterocycles. The molecule has 1 unspecified atom stereocenters. The molecule has 8 nitrogen and oxygen atoms in total. The summed E-state index contributed by atoms with van der Waals surface area (Å²) in [7, 11) is -2.38. The SMILES string of the molecule is CC(CS(=O)(=O)O)n1ncc(N)c1N(C)CCO. The van der Waals surface area contributed by atoms with Crippen LogP contribution in [0.15, 0.2) is 6.20 Å². The molecule has 0 fully saturated rings. The molecule has 1 rings (SSSR count). The van der Waals surface area contributed by atoms with Gasteiger partial charge in [-0.3, -0.25) is 4.55 Å². The second-order valence-electron chi connectivity index (χ2n) is 4.11. The van der Waals surface area contributed by atoms with Gasteiger partial charge in [0, 0.05) is 13.6 Å². The van der Waals surface area contributed by atoms with Gasteiger partial charge in [0.1, 0.15) is 5.82 Å². The van der Waals surface area contributed by atoms with Crippen molar-refractivity contribution in [2.75, 3.05) is 36.6 Å². The highest BCUT2D eigenvalue weighted by Gasteiger charge is 2.21. The fraction of sp³-hybridized carbons (Fsp3) is 0.667. The van der Waals surface area contributed by atoms with E-state index in [-0.39, 0.29) is 6.61 Å². The van der Waals surface area contributed by atoms with Gasteiger partial charge in [0.15, 0.2) is 0 Å². The van der Waals surface area contributed by atoms with Gasteiger partial charge in [0.2, 0.25) is 0 Å². The zero-order valence-electron chi connectivity index (χ0n) is 10.3. The van der Waals surface area contributed by atoms with Crippen molar-refractivity contribution < 1.29 is 18.1 Å². The summed E-state index contributed by atoms with van der Waals surface area (Å²) >= 11 is 0. The van der Waals surface area contributed by atoms with Crippen molar-refractivity contribution in [3.8, 4) is 0 Å². The minimum absolute atomic E-state index is 0.0617. The van der Waals surface area contributed by atoms with Crippen molar-refractivity contribution in [3.63, 3.8) is 0 Å². The molecule has 18 heavy (non-hydrogen) atoms. The summed E-state index contributed by atoms with van der Waals surface area (Å²) in [5.41, 5.74) is 6.14. The molecule has 1 aromatic rings. The Hall–Kier alpha value is -1.32. The number of likely N-dealkylation sites (N-methyl/N-ethyl adjacent to an activating group) is 1. The van der Waals surface area contributed by atoms with E-state index in [9.17, 15) is 8.42 Å². The smallest absolute Gasteiger partial charge is 0.266 e. The van der Waals surface area contributed by atoms with Crippen molar-refractivity contribution in [2.24, 2.45) is 0 Å². The van der Waals surface area contributed by atoms with Crippen molar-refractivity contribution in [2.45, 2.75) is 13.0 Å². The van der Waals surface area contributed by atoms with Crippen LogP contribution in [0.5, 0.6) is 0 Å². The second kappa shape index (κ2) is 5.55. The summed E-state index contributed by atoms with van der Waals surface area (Å²) in [5, 5.41) is 12.9. The normalized spacial score (nSPS) is 13.6. The molecule has 104 valence electrons. The molecule has 1 atom stereocenters. The van der Waals surface area contributed by atoms with Crippen molar-refractivity contribution in [1.82, 2.24) is 9.78 Å². The zero-order valence-corrected chi connectivity index (χ0v) is 11.1. The van der Waals surface area contributed by atoms with Crippen LogP contribution < -0.4 is 10.6 Å². The van der Waals surface area contributed by atoms with Gasteiger partial charge in [0.25, 0.3) is 10.1 Å². The molecule has 4 N–H and O–H groups in total. The molecule has 0 saturated heterocycles. The van der Waals surface area contributed by atoms with Crippen molar-refractivity contribution in [3.05, 3.63) is 6.20 Å². The van der Waals surface area contributed by atoms with E-state index in [4.69, 9.17) is 15.4 Å². The Morgan fingerprint density at radius 2 is 2.22 bits per heavy atom. The highest BCUT2D eigenvalue weighted by molar-refractivity contribution is 7.85. The van der Waals surface area contributed by atoms with Gasteiger partial charge >= 0.3 is 0 Å². The average molecular weight is 278 g/mol. The maximum absolute atomic E-state index is 10.9. The number of aliphatic hydroxyl groups is 1. The van der Waals surface area contributed by atoms with E-state index in [0.29, 0.717) is 18.1 Å². The number of hydrogen-bond acceptors (Lipinski definition) is 6. The first-order valence-electron chi connectivity index (χ1n) is 5.36. The van der Waals surface area contributed by atoms with Crippen LogP contribution in [0.3, 0.4) is 0 Å². The molecule has 0 aliphatic heterocycles. The lowest BCUT2D eigenvalue weighted by Gasteiger charge is -2.22. The Morgan fingerprint density at radius 1 is 1.61 bits per heavy atom. The third-order valence-corrected chi connectivity index (χ3v) is 3.37. The van der Waals surface area contributed by atoms with Crippen molar-refractivity contribution in [1.29, 1.82) is 0 Å². The number of nitrogens with two attached hydrogens (primary N) is 1. The third kappa shape index (κ3) is 3.59. The predicted octanol–water partition coefficient (Wildman–Crippen LogP) is -0.657. The summed E-state index contributed by atoms with van der Waals surface area (Å²) in [5.74, 6) is 0.0638. The Kier molecular flexibility index (Phi) is 4.54. The highest BCUT2D eigenvalue weighted by Crippen LogP contribution is 2.25. The molecular weight excluding hydrogens is 260 g/mol. The first-order valence-corrected chi connectivity index (χ1v) is 6.97. The van der Waals surface area contributed by atoms with E-state index in [1.54, 1.807) is 18.9 Å². The van der Waals surface area contributed by atoms with Crippen LogP contribution in [0.25, 0.3) is 0 Å². The maximum atomic E-state index is 10.9. The number of hydrogen-bond donors (Lipinski definition) is 3. The minimum Gasteiger partial charge on any atom is -0.395 e. The number of rotatable bonds is 6. The molecule has 0 radical (unpaired) electrons. The number of aromatic nitrogens is 2. The topological polar surface area (TPSA) is 122 Å². The molecule has 0 saturated carbocycles. The summed E-state index contributed by atoms with van der Waals surface area (Å²) in [6.07, 6.45) is 1.41. The van der Waals surface area contributed by atoms with Gasteiger partial charge in [-0.1, -0.05) is 0 Å². The summed E-state index contributed by atoms with van der Waals surface area (Å²) in [6, 6.07) is -0.562. The third-order valence-electron chi connectivity index (χ3n) is 2.46. The van der Waals surface area contributed by atoms with Crippen LogP contribution in [0.1, 0.15) is 13.0 Å². The molecule has 0 aliphatic carbocycles. The monoisotopic (exact) mass is 278 g/mol. The lowest BCUT2D eigenvalue weighted by molar-refractivity contribution is 0.303. The van der Waals surface area contributed by atoms with Crippen LogP contribution in [0, 0.1) is 0 Å². The van der Waals surface area contributed by atoms with E-state index in [0.717, 1.165) is 0 Å². The summed E-state index contributed by atoms with van der Waals surface area (Å²) in [4.78, 5) is 1.67. The summed E-state index contributed by atoms with van der Waals surface area (Å²) in [6.45, 7) is 1.89. The molecule has 0 spiro atoms.